The zero-order valence-electron chi connectivity index (χ0n) is 21.4. The third kappa shape index (κ3) is 7.52. The molecule has 1 aromatic heterocycles. The molecule has 0 aliphatic rings. The highest BCUT2D eigenvalue weighted by atomic mass is 19.4. The van der Waals surface area contributed by atoms with Crippen LogP contribution in [0.25, 0.3) is 11.0 Å². The number of aromatic nitrogens is 2. The van der Waals surface area contributed by atoms with Gasteiger partial charge in [0.05, 0.1) is 50.4 Å². The van der Waals surface area contributed by atoms with Gasteiger partial charge in [-0.3, -0.25) is 19.0 Å². The van der Waals surface area contributed by atoms with Gasteiger partial charge in [-0.2, -0.15) is 13.2 Å². The molecule has 0 fully saturated rings. The van der Waals surface area contributed by atoms with Gasteiger partial charge in [-0.15, -0.1) is 0 Å². The van der Waals surface area contributed by atoms with Crippen molar-refractivity contribution >= 4 is 28.8 Å². The number of fused-ring (bicyclic) bond motifs is 1. The molecule has 0 spiro atoms. The molecule has 0 bridgehead atoms. The van der Waals surface area contributed by atoms with E-state index in [2.05, 4.69) is 15.6 Å². The van der Waals surface area contributed by atoms with Gasteiger partial charge >= 0.3 is 17.8 Å². The highest BCUT2D eigenvalue weighted by Crippen LogP contribution is 2.33. The average molecular weight is 553 g/mol. The highest BCUT2D eigenvalue weighted by Gasteiger charge is 2.32. The topological polar surface area (TPSA) is 141 Å². The molecule has 1 heterocycles. The van der Waals surface area contributed by atoms with Gasteiger partial charge < -0.3 is 29.8 Å². The van der Waals surface area contributed by atoms with Crippen molar-refractivity contribution in [2.45, 2.75) is 32.6 Å². The summed E-state index contributed by atoms with van der Waals surface area (Å²) < 4.78 is 56.5. The summed E-state index contributed by atoms with van der Waals surface area (Å²) in [6, 6.07) is 6.49. The number of ether oxygens (including phenoxy) is 3. The fourth-order valence-corrected chi connectivity index (χ4v) is 3.82. The Morgan fingerprint density at radius 3 is 2.23 bits per heavy atom. The molecule has 3 aromatic rings. The molecule has 3 N–H and O–H groups in total. The minimum absolute atomic E-state index is 0.0385. The Balaban J connectivity index is 1.74. The van der Waals surface area contributed by atoms with E-state index in [1.165, 1.54) is 14.2 Å². The van der Waals surface area contributed by atoms with Crippen molar-refractivity contribution in [1.29, 1.82) is 0 Å². The minimum atomic E-state index is -4.76. The molecule has 210 valence electrons. The summed E-state index contributed by atoms with van der Waals surface area (Å²) in [5.41, 5.74) is -1.67. The van der Waals surface area contributed by atoms with Gasteiger partial charge in [0.2, 0.25) is 11.8 Å². The zero-order chi connectivity index (χ0) is 28.7. The molecule has 0 saturated heterocycles. The van der Waals surface area contributed by atoms with Crippen LogP contribution in [0.4, 0.5) is 13.2 Å². The molecule has 0 aliphatic heterocycles. The molecule has 14 heteroatoms. The van der Waals surface area contributed by atoms with Crippen LogP contribution in [-0.4, -0.2) is 54.7 Å². The number of aromatic amines is 1. The van der Waals surface area contributed by atoms with Crippen LogP contribution in [-0.2, 0) is 44.8 Å². The Morgan fingerprint density at radius 1 is 0.974 bits per heavy atom. The average Bonchev–Trinajstić information content (AvgIpc) is 3.20. The number of amides is 2. The van der Waals surface area contributed by atoms with E-state index < -0.39 is 54.7 Å². The van der Waals surface area contributed by atoms with E-state index in [0.717, 1.165) is 16.7 Å². The Kier molecular flexibility index (Phi) is 9.22. The lowest BCUT2D eigenvalue weighted by molar-refractivity contribution is -0.143. The van der Waals surface area contributed by atoms with E-state index in [4.69, 9.17) is 14.2 Å². The van der Waals surface area contributed by atoms with Crippen molar-refractivity contribution < 1.29 is 41.8 Å². The quantitative estimate of drug-likeness (QED) is 0.309. The number of halogens is 3. The second-order valence-electron chi connectivity index (χ2n) is 8.30. The summed E-state index contributed by atoms with van der Waals surface area (Å²) in [5.74, 6) is -1.07. The van der Waals surface area contributed by atoms with Crippen molar-refractivity contribution in [2.75, 3.05) is 27.4 Å². The highest BCUT2D eigenvalue weighted by molar-refractivity contribution is 5.90. The number of imidazole rings is 1. The number of hydrogen-bond donors (Lipinski definition) is 3. The molecule has 0 unspecified atom stereocenters. The summed E-state index contributed by atoms with van der Waals surface area (Å²) in [6.07, 6.45) is -5.36. The summed E-state index contributed by atoms with van der Waals surface area (Å²) >= 11 is 0. The molecule has 0 radical (unpaired) electrons. The lowest BCUT2D eigenvalue weighted by Gasteiger charge is -2.13. The van der Waals surface area contributed by atoms with Crippen molar-refractivity contribution in [3.05, 3.63) is 57.5 Å². The number of esters is 1. The van der Waals surface area contributed by atoms with E-state index in [9.17, 15) is 32.3 Å². The smallest absolute Gasteiger partial charge is 0.416 e. The van der Waals surface area contributed by atoms with E-state index in [-0.39, 0.29) is 29.7 Å². The Morgan fingerprint density at radius 2 is 1.64 bits per heavy atom. The van der Waals surface area contributed by atoms with Gasteiger partial charge in [-0.25, -0.2) is 4.79 Å². The van der Waals surface area contributed by atoms with Crippen molar-refractivity contribution in [3.63, 3.8) is 0 Å². The molecule has 0 saturated carbocycles. The lowest BCUT2D eigenvalue weighted by atomic mass is 10.0. The lowest BCUT2D eigenvalue weighted by Crippen LogP contribution is -2.37. The molecular formula is C25H27F3N4O7. The number of rotatable bonds is 11. The standard InChI is InChI=1S/C25H27F3N4O7/c1-4-39-22(35)13-32-23-15(7-16(25(26,27)28)9-19(23)31-24(32)36)8-20(33)30-12-21(34)29-11-14-5-17(37-2)10-18(6-14)38-3/h5-7,9-10H,4,8,11-13H2,1-3H3,(H,29,34)(H,30,33)(H,31,36). The van der Waals surface area contributed by atoms with E-state index in [1.54, 1.807) is 25.1 Å². The van der Waals surface area contributed by atoms with Crippen LogP contribution in [0.5, 0.6) is 11.5 Å². The van der Waals surface area contributed by atoms with Gasteiger partial charge in [0, 0.05) is 12.6 Å². The fraction of sp³-hybridized carbons (Fsp3) is 0.360. The Hall–Kier alpha value is -4.49. The second kappa shape index (κ2) is 12.4. The largest absolute Gasteiger partial charge is 0.497 e. The maximum Gasteiger partial charge on any atom is 0.416 e. The number of hydrogen-bond acceptors (Lipinski definition) is 7. The SMILES string of the molecule is CCOC(=O)Cn1c(=O)[nH]c2cc(C(F)(F)F)cc(CC(=O)NCC(=O)NCc3cc(OC)cc(OC)c3)c21. The number of alkyl halides is 3. The molecular weight excluding hydrogens is 525 g/mol. The number of nitrogens with one attached hydrogen (secondary N) is 3. The van der Waals surface area contributed by atoms with Gasteiger partial charge in [-0.05, 0) is 42.3 Å². The number of benzene rings is 2. The molecule has 0 atom stereocenters. The summed E-state index contributed by atoms with van der Waals surface area (Å²) in [7, 11) is 2.96. The Bertz CT molecular complexity index is 1410. The predicted molar refractivity (Wildman–Crippen MR) is 132 cm³/mol. The first-order valence-electron chi connectivity index (χ1n) is 11.7. The van der Waals surface area contributed by atoms with Crippen molar-refractivity contribution in [2.24, 2.45) is 0 Å². The van der Waals surface area contributed by atoms with Crippen LogP contribution in [0, 0.1) is 0 Å². The van der Waals surface area contributed by atoms with E-state index >= 15 is 0 Å². The van der Waals surface area contributed by atoms with Crippen LogP contribution in [0.3, 0.4) is 0 Å². The first-order chi connectivity index (χ1) is 18.4. The molecule has 39 heavy (non-hydrogen) atoms. The monoisotopic (exact) mass is 552 g/mol. The maximum absolute atomic E-state index is 13.5. The van der Waals surface area contributed by atoms with Gasteiger partial charge in [0.1, 0.15) is 18.0 Å². The maximum atomic E-state index is 13.5. The number of nitrogens with zero attached hydrogens (tertiary/aromatic N) is 1. The third-order valence-corrected chi connectivity index (χ3v) is 5.56. The van der Waals surface area contributed by atoms with Crippen LogP contribution < -0.4 is 25.8 Å². The number of carbonyl (C=O) groups is 3. The summed E-state index contributed by atoms with van der Waals surface area (Å²) in [4.78, 5) is 51.6. The van der Waals surface area contributed by atoms with Gasteiger partial charge in [-0.1, -0.05) is 0 Å². The fourth-order valence-electron chi connectivity index (χ4n) is 3.82. The first kappa shape index (κ1) is 29.1. The summed E-state index contributed by atoms with van der Waals surface area (Å²) in [5, 5.41) is 4.96. The zero-order valence-corrected chi connectivity index (χ0v) is 21.4. The number of H-pyrrole nitrogens is 1. The van der Waals surface area contributed by atoms with Gasteiger partial charge in [0.25, 0.3) is 0 Å². The predicted octanol–water partition coefficient (Wildman–Crippen LogP) is 1.90. The second-order valence-corrected chi connectivity index (χ2v) is 8.30. The van der Waals surface area contributed by atoms with Crippen molar-refractivity contribution in [1.82, 2.24) is 20.2 Å². The normalized spacial score (nSPS) is 11.2. The molecule has 3 rings (SSSR count). The third-order valence-electron chi connectivity index (χ3n) is 5.56. The van der Waals surface area contributed by atoms with Gasteiger partial charge in [0.15, 0.2) is 0 Å². The van der Waals surface area contributed by atoms with Crippen LogP contribution >= 0.6 is 0 Å². The minimum Gasteiger partial charge on any atom is -0.497 e. The van der Waals surface area contributed by atoms with E-state index in [1.807, 2.05) is 0 Å². The van der Waals surface area contributed by atoms with Crippen LogP contribution in [0.1, 0.15) is 23.6 Å². The molecule has 0 aliphatic carbocycles. The Labute approximate surface area is 220 Å². The van der Waals surface area contributed by atoms with Crippen LogP contribution in [0.2, 0.25) is 0 Å². The number of carbonyl (C=O) groups excluding carboxylic acids is 3. The molecule has 2 aromatic carbocycles. The molecule has 11 nitrogen and oxygen atoms in total. The number of methoxy groups -OCH3 is 2. The van der Waals surface area contributed by atoms with E-state index in [0.29, 0.717) is 17.1 Å². The summed E-state index contributed by atoms with van der Waals surface area (Å²) in [6.45, 7) is 0.677. The molecule has 2 amide bonds. The van der Waals surface area contributed by atoms with Crippen molar-refractivity contribution in [3.8, 4) is 11.5 Å². The van der Waals surface area contributed by atoms with Crippen LogP contribution in [0.15, 0.2) is 35.1 Å². The first-order valence-corrected chi connectivity index (χ1v) is 11.7.